The van der Waals surface area contributed by atoms with E-state index in [1.807, 2.05) is 18.3 Å². The maximum atomic E-state index is 4.34. The quantitative estimate of drug-likeness (QED) is 0.822. The molecule has 2 N–H and O–H groups in total. The van der Waals surface area contributed by atoms with E-state index in [-0.39, 0.29) is 12.4 Å². The zero-order valence-corrected chi connectivity index (χ0v) is 9.76. The molecule has 1 aromatic heterocycles. The van der Waals surface area contributed by atoms with Gasteiger partial charge in [-0.3, -0.25) is 4.98 Å². The Bertz CT molecular complexity index is 272. The van der Waals surface area contributed by atoms with Crippen LogP contribution in [0, 0.1) is 0 Å². The van der Waals surface area contributed by atoms with Crippen LogP contribution in [0.15, 0.2) is 24.4 Å². The highest BCUT2D eigenvalue weighted by Crippen LogP contribution is 2.10. The van der Waals surface area contributed by atoms with Gasteiger partial charge >= 0.3 is 0 Å². The van der Waals surface area contributed by atoms with Gasteiger partial charge in [0.1, 0.15) is 0 Å². The molecule has 2 heterocycles. The van der Waals surface area contributed by atoms with Gasteiger partial charge in [-0.2, -0.15) is 0 Å². The van der Waals surface area contributed by atoms with Gasteiger partial charge in [-0.15, -0.1) is 12.4 Å². The summed E-state index contributed by atoms with van der Waals surface area (Å²) in [6, 6.07) is 7.01. The fourth-order valence-electron chi connectivity index (χ4n) is 1.87. The van der Waals surface area contributed by atoms with E-state index in [1.54, 1.807) is 0 Å². The predicted molar refractivity (Wildman–Crippen MR) is 64.3 cm³/mol. The lowest BCUT2D eigenvalue weighted by molar-refractivity contribution is 0.471. The molecule has 1 aromatic rings. The molecular weight excluding hydrogens is 210 g/mol. The number of aromatic nitrogens is 1. The minimum atomic E-state index is 0. The summed E-state index contributed by atoms with van der Waals surface area (Å²) in [6.45, 7) is 4.38. The SMILES string of the molecule is CC(N[C@@H]1CCNC1)c1ccccn1.Cl. The van der Waals surface area contributed by atoms with E-state index in [1.165, 1.54) is 6.42 Å². The molecule has 0 saturated carbocycles. The van der Waals surface area contributed by atoms with Crippen molar-refractivity contribution in [2.75, 3.05) is 13.1 Å². The van der Waals surface area contributed by atoms with Gasteiger partial charge in [0.2, 0.25) is 0 Å². The first-order valence-electron chi connectivity index (χ1n) is 5.24. The second kappa shape index (κ2) is 6.05. The van der Waals surface area contributed by atoms with Gasteiger partial charge in [0.05, 0.1) is 5.69 Å². The number of pyridine rings is 1. The summed E-state index contributed by atoms with van der Waals surface area (Å²) in [6.07, 6.45) is 3.07. The highest BCUT2D eigenvalue weighted by atomic mass is 35.5. The maximum absolute atomic E-state index is 4.34. The van der Waals surface area contributed by atoms with Crippen LogP contribution in [0.3, 0.4) is 0 Å². The number of hydrogen-bond donors (Lipinski definition) is 2. The van der Waals surface area contributed by atoms with Gasteiger partial charge in [0.25, 0.3) is 0 Å². The maximum Gasteiger partial charge on any atom is 0.0570 e. The standard InChI is InChI=1S/C11H17N3.ClH/c1-9(11-4-2-3-6-13-11)14-10-5-7-12-8-10;/h2-4,6,9-10,12,14H,5,7-8H2,1H3;1H/t9?,10-;/m1./s1. The van der Waals surface area contributed by atoms with Crippen molar-refractivity contribution in [3.8, 4) is 0 Å². The third-order valence-corrected chi connectivity index (χ3v) is 2.68. The van der Waals surface area contributed by atoms with Gasteiger partial charge < -0.3 is 10.6 Å². The van der Waals surface area contributed by atoms with Crippen LogP contribution in [0.1, 0.15) is 25.1 Å². The first kappa shape index (κ1) is 12.4. The molecule has 0 amide bonds. The molecule has 0 spiro atoms. The molecule has 1 saturated heterocycles. The second-order valence-corrected chi connectivity index (χ2v) is 3.83. The largest absolute Gasteiger partial charge is 0.315 e. The summed E-state index contributed by atoms with van der Waals surface area (Å²) in [7, 11) is 0. The Morgan fingerprint density at radius 3 is 3.00 bits per heavy atom. The van der Waals surface area contributed by atoms with E-state index in [4.69, 9.17) is 0 Å². The van der Waals surface area contributed by atoms with Crippen LogP contribution in [-0.2, 0) is 0 Å². The minimum absolute atomic E-state index is 0. The number of halogens is 1. The van der Waals surface area contributed by atoms with E-state index in [9.17, 15) is 0 Å². The number of nitrogens with zero attached hydrogens (tertiary/aromatic N) is 1. The zero-order chi connectivity index (χ0) is 9.80. The van der Waals surface area contributed by atoms with Crippen LogP contribution in [0.25, 0.3) is 0 Å². The normalized spacial score (nSPS) is 22.1. The van der Waals surface area contributed by atoms with Crippen LogP contribution in [-0.4, -0.2) is 24.1 Å². The van der Waals surface area contributed by atoms with Crippen molar-refractivity contribution >= 4 is 12.4 Å². The van der Waals surface area contributed by atoms with Gasteiger partial charge in [0, 0.05) is 24.8 Å². The van der Waals surface area contributed by atoms with Gasteiger partial charge in [-0.05, 0) is 32.0 Å². The fourth-order valence-corrected chi connectivity index (χ4v) is 1.87. The van der Waals surface area contributed by atoms with Crippen LogP contribution in [0.5, 0.6) is 0 Å². The van der Waals surface area contributed by atoms with Crippen molar-refractivity contribution in [1.29, 1.82) is 0 Å². The van der Waals surface area contributed by atoms with Crippen molar-refractivity contribution in [2.24, 2.45) is 0 Å². The molecule has 0 aromatic carbocycles. The summed E-state index contributed by atoms with van der Waals surface area (Å²) in [4.78, 5) is 4.34. The smallest absolute Gasteiger partial charge is 0.0570 e. The molecule has 1 aliphatic heterocycles. The van der Waals surface area contributed by atoms with Crippen LogP contribution >= 0.6 is 12.4 Å². The average Bonchev–Trinajstić information content (AvgIpc) is 2.72. The third-order valence-electron chi connectivity index (χ3n) is 2.68. The molecular formula is C11H18ClN3. The lowest BCUT2D eigenvalue weighted by Crippen LogP contribution is -2.33. The summed E-state index contributed by atoms with van der Waals surface area (Å²) < 4.78 is 0. The number of nitrogens with one attached hydrogen (secondary N) is 2. The Kier molecular flexibility index (Phi) is 5.02. The Hall–Kier alpha value is -0.640. The summed E-state index contributed by atoms with van der Waals surface area (Å²) in [5.41, 5.74) is 1.12. The summed E-state index contributed by atoms with van der Waals surface area (Å²) >= 11 is 0. The van der Waals surface area contributed by atoms with Crippen LogP contribution in [0.4, 0.5) is 0 Å². The second-order valence-electron chi connectivity index (χ2n) is 3.83. The predicted octanol–water partition coefficient (Wildman–Crippen LogP) is 1.52. The van der Waals surface area contributed by atoms with E-state index >= 15 is 0 Å². The molecule has 2 rings (SSSR count). The van der Waals surface area contributed by atoms with E-state index in [2.05, 4.69) is 28.6 Å². The Morgan fingerprint density at radius 2 is 2.40 bits per heavy atom. The van der Waals surface area contributed by atoms with E-state index < -0.39 is 0 Å². The molecule has 2 atom stereocenters. The Balaban J connectivity index is 0.00000112. The molecule has 4 heteroatoms. The molecule has 3 nitrogen and oxygen atoms in total. The number of hydrogen-bond acceptors (Lipinski definition) is 3. The Morgan fingerprint density at radius 1 is 1.53 bits per heavy atom. The molecule has 1 aliphatic rings. The van der Waals surface area contributed by atoms with Gasteiger partial charge in [0.15, 0.2) is 0 Å². The van der Waals surface area contributed by atoms with Gasteiger partial charge in [-0.25, -0.2) is 0 Å². The highest BCUT2D eigenvalue weighted by molar-refractivity contribution is 5.85. The van der Waals surface area contributed by atoms with Crippen LogP contribution in [0.2, 0.25) is 0 Å². The molecule has 0 radical (unpaired) electrons. The van der Waals surface area contributed by atoms with Crippen molar-refractivity contribution in [3.63, 3.8) is 0 Å². The molecule has 1 unspecified atom stereocenters. The average molecular weight is 228 g/mol. The van der Waals surface area contributed by atoms with Crippen LogP contribution < -0.4 is 10.6 Å². The number of rotatable bonds is 3. The van der Waals surface area contributed by atoms with Crippen molar-refractivity contribution in [2.45, 2.75) is 25.4 Å². The van der Waals surface area contributed by atoms with Crippen molar-refractivity contribution < 1.29 is 0 Å². The monoisotopic (exact) mass is 227 g/mol. The highest BCUT2D eigenvalue weighted by Gasteiger charge is 2.17. The first-order chi connectivity index (χ1) is 6.86. The van der Waals surface area contributed by atoms with Crippen molar-refractivity contribution in [1.82, 2.24) is 15.6 Å². The fraction of sp³-hybridized carbons (Fsp3) is 0.545. The molecule has 84 valence electrons. The summed E-state index contributed by atoms with van der Waals surface area (Å²) in [5.74, 6) is 0. The summed E-state index contributed by atoms with van der Waals surface area (Å²) in [5, 5.41) is 6.92. The third kappa shape index (κ3) is 3.45. The van der Waals surface area contributed by atoms with E-state index in [0.717, 1.165) is 18.8 Å². The topological polar surface area (TPSA) is 37.0 Å². The molecule has 1 fully saturated rings. The van der Waals surface area contributed by atoms with Gasteiger partial charge in [-0.1, -0.05) is 6.07 Å². The molecule has 0 aliphatic carbocycles. The lowest BCUT2D eigenvalue weighted by Gasteiger charge is -2.17. The van der Waals surface area contributed by atoms with Crippen molar-refractivity contribution in [3.05, 3.63) is 30.1 Å². The molecule has 15 heavy (non-hydrogen) atoms. The Labute approximate surface area is 97.1 Å². The molecule has 0 bridgehead atoms. The van der Waals surface area contributed by atoms with E-state index in [0.29, 0.717) is 12.1 Å². The minimum Gasteiger partial charge on any atom is -0.315 e. The first-order valence-corrected chi connectivity index (χ1v) is 5.24. The zero-order valence-electron chi connectivity index (χ0n) is 8.94. The lowest BCUT2D eigenvalue weighted by atomic mass is 10.1.